The number of rotatable bonds is 4. The van der Waals surface area contributed by atoms with E-state index in [2.05, 4.69) is 26.3 Å². The molecule has 1 aliphatic heterocycles. The lowest BCUT2D eigenvalue weighted by Gasteiger charge is -2.34. The van der Waals surface area contributed by atoms with E-state index in [-0.39, 0.29) is 0 Å². The molecule has 6 nitrogen and oxygen atoms in total. The van der Waals surface area contributed by atoms with E-state index in [9.17, 15) is 5.26 Å². The summed E-state index contributed by atoms with van der Waals surface area (Å²) >= 11 is 0. The number of anilines is 2. The molecule has 6 heteroatoms. The Labute approximate surface area is 135 Å². The predicted octanol–water partition coefficient (Wildman–Crippen LogP) is 2.44. The van der Waals surface area contributed by atoms with E-state index in [1.165, 1.54) is 6.33 Å². The van der Waals surface area contributed by atoms with Crippen LogP contribution in [0.3, 0.4) is 0 Å². The summed E-state index contributed by atoms with van der Waals surface area (Å²) in [5.74, 6) is 1.34. The molecule has 0 saturated carbocycles. The fourth-order valence-corrected chi connectivity index (χ4v) is 2.85. The Morgan fingerprint density at radius 1 is 1.26 bits per heavy atom. The van der Waals surface area contributed by atoms with Crippen LogP contribution in [0, 0.1) is 11.3 Å². The second-order valence-electron chi connectivity index (χ2n) is 5.48. The Morgan fingerprint density at radius 3 is 2.78 bits per heavy atom. The van der Waals surface area contributed by atoms with Crippen molar-refractivity contribution in [2.75, 3.05) is 30.4 Å². The molecule has 0 spiro atoms. The van der Waals surface area contributed by atoms with Crippen LogP contribution in [-0.4, -0.2) is 36.2 Å². The van der Waals surface area contributed by atoms with Crippen LogP contribution in [0.1, 0.15) is 18.4 Å². The van der Waals surface area contributed by atoms with Crippen molar-refractivity contribution in [3.05, 3.63) is 42.2 Å². The second kappa shape index (κ2) is 6.97. The molecule has 1 aromatic carbocycles. The molecule has 118 valence electrons. The molecule has 1 N–H and O–H groups in total. The minimum Gasteiger partial charge on any atom is -0.481 e. The molecule has 0 aliphatic carbocycles. The van der Waals surface area contributed by atoms with Gasteiger partial charge < -0.3 is 15.0 Å². The van der Waals surface area contributed by atoms with Gasteiger partial charge in [0.25, 0.3) is 0 Å². The van der Waals surface area contributed by atoms with E-state index < -0.39 is 0 Å². The SMILES string of the molecule is COc1cc(NC2CCN(c3ccccc3C#N)CC2)ncn1. The summed E-state index contributed by atoms with van der Waals surface area (Å²) in [6, 6.07) is 12.2. The highest BCUT2D eigenvalue weighted by Gasteiger charge is 2.21. The Bertz CT molecular complexity index is 704. The maximum atomic E-state index is 9.23. The van der Waals surface area contributed by atoms with E-state index in [0.29, 0.717) is 11.9 Å². The zero-order valence-corrected chi connectivity index (χ0v) is 13.1. The van der Waals surface area contributed by atoms with Crippen molar-refractivity contribution in [2.45, 2.75) is 18.9 Å². The highest BCUT2D eigenvalue weighted by Crippen LogP contribution is 2.25. The molecule has 2 aromatic rings. The average molecular weight is 309 g/mol. The molecule has 0 bridgehead atoms. The first-order chi connectivity index (χ1) is 11.3. The van der Waals surface area contributed by atoms with Crippen LogP contribution in [0.4, 0.5) is 11.5 Å². The van der Waals surface area contributed by atoms with Gasteiger partial charge in [-0.3, -0.25) is 0 Å². The molecular weight excluding hydrogens is 290 g/mol. The number of hydrogen-bond donors (Lipinski definition) is 1. The summed E-state index contributed by atoms with van der Waals surface area (Å²) in [7, 11) is 1.59. The highest BCUT2D eigenvalue weighted by atomic mass is 16.5. The zero-order chi connectivity index (χ0) is 16.1. The molecule has 0 amide bonds. The third-order valence-electron chi connectivity index (χ3n) is 4.06. The van der Waals surface area contributed by atoms with Gasteiger partial charge in [0, 0.05) is 25.2 Å². The lowest BCUT2D eigenvalue weighted by Crippen LogP contribution is -2.39. The fraction of sp³-hybridized carbons (Fsp3) is 0.353. The van der Waals surface area contributed by atoms with Crippen molar-refractivity contribution in [3.63, 3.8) is 0 Å². The van der Waals surface area contributed by atoms with Gasteiger partial charge in [0.2, 0.25) is 5.88 Å². The van der Waals surface area contributed by atoms with Gasteiger partial charge in [-0.25, -0.2) is 9.97 Å². The Morgan fingerprint density at radius 2 is 2.04 bits per heavy atom. The van der Waals surface area contributed by atoms with Crippen molar-refractivity contribution in [1.29, 1.82) is 5.26 Å². The maximum Gasteiger partial charge on any atom is 0.218 e. The van der Waals surface area contributed by atoms with Crippen LogP contribution in [0.5, 0.6) is 5.88 Å². The van der Waals surface area contributed by atoms with Crippen molar-refractivity contribution in [1.82, 2.24) is 9.97 Å². The van der Waals surface area contributed by atoms with Crippen LogP contribution < -0.4 is 15.0 Å². The normalized spacial score (nSPS) is 15.0. The number of piperidine rings is 1. The fourth-order valence-electron chi connectivity index (χ4n) is 2.85. The first-order valence-electron chi connectivity index (χ1n) is 7.67. The summed E-state index contributed by atoms with van der Waals surface area (Å²) < 4.78 is 5.11. The summed E-state index contributed by atoms with van der Waals surface area (Å²) in [6.07, 6.45) is 3.48. The molecule has 1 aromatic heterocycles. The molecular formula is C17H19N5O. The van der Waals surface area contributed by atoms with Gasteiger partial charge in [0.05, 0.1) is 18.4 Å². The van der Waals surface area contributed by atoms with Crippen LogP contribution in [-0.2, 0) is 0 Å². The predicted molar refractivity (Wildman–Crippen MR) is 88.6 cm³/mol. The zero-order valence-electron chi connectivity index (χ0n) is 13.1. The number of ether oxygens (including phenoxy) is 1. The highest BCUT2D eigenvalue weighted by molar-refractivity contribution is 5.59. The Hall–Kier alpha value is -2.81. The summed E-state index contributed by atoms with van der Waals surface area (Å²) in [6.45, 7) is 1.83. The van der Waals surface area contributed by atoms with Crippen molar-refractivity contribution >= 4 is 11.5 Å². The molecule has 0 atom stereocenters. The van der Waals surface area contributed by atoms with Gasteiger partial charge in [0.1, 0.15) is 18.2 Å². The average Bonchev–Trinajstić information content (AvgIpc) is 2.62. The number of nitrogens with one attached hydrogen (secondary N) is 1. The topological polar surface area (TPSA) is 74.1 Å². The minimum atomic E-state index is 0.361. The van der Waals surface area contributed by atoms with Gasteiger partial charge in [-0.2, -0.15) is 5.26 Å². The third kappa shape index (κ3) is 3.51. The lowest BCUT2D eigenvalue weighted by atomic mass is 10.0. The molecule has 23 heavy (non-hydrogen) atoms. The molecule has 1 aliphatic rings. The van der Waals surface area contributed by atoms with E-state index in [1.54, 1.807) is 13.2 Å². The summed E-state index contributed by atoms with van der Waals surface area (Å²) in [4.78, 5) is 10.5. The van der Waals surface area contributed by atoms with Gasteiger partial charge in [-0.1, -0.05) is 12.1 Å². The third-order valence-corrected chi connectivity index (χ3v) is 4.06. The van der Waals surface area contributed by atoms with Gasteiger partial charge >= 0.3 is 0 Å². The van der Waals surface area contributed by atoms with Crippen LogP contribution >= 0.6 is 0 Å². The number of nitriles is 1. The summed E-state index contributed by atoms with van der Waals surface area (Å²) in [5, 5.41) is 12.7. The largest absolute Gasteiger partial charge is 0.481 e. The maximum absolute atomic E-state index is 9.23. The Balaban J connectivity index is 1.61. The van der Waals surface area contributed by atoms with Crippen molar-refractivity contribution < 1.29 is 4.74 Å². The van der Waals surface area contributed by atoms with E-state index >= 15 is 0 Å². The lowest BCUT2D eigenvalue weighted by molar-refractivity contribution is 0.397. The standard InChI is InChI=1S/C17H19N5O/c1-23-17-10-16(19-12-20-17)21-14-6-8-22(9-7-14)15-5-3-2-4-13(15)11-18/h2-5,10,12,14H,6-9H2,1H3,(H,19,20,21). The molecule has 0 unspecified atom stereocenters. The number of para-hydroxylation sites is 1. The van der Waals surface area contributed by atoms with Gasteiger partial charge in [-0.05, 0) is 25.0 Å². The number of hydrogen-bond acceptors (Lipinski definition) is 6. The quantitative estimate of drug-likeness (QED) is 0.935. The van der Waals surface area contributed by atoms with E-state index in [4.69, 9.17) is 4.74 Å². The summed E-state index contributed by atoms with van der Waals surface area (Å²) in [5.41, 5.74) is 1.76. The number of benzene rings is 1. The molecule has 0 radical (unpaired) electrons. The molecule has 1 fully saturated rings. The molecule has 3 rings (SSSR count). The van der Waals surface area contributed by atoms with E-state index in [1.807, 2.05) is 24.3 Å². The number of methoxy groups -OCH3 is 1. The molecule has 1 saturated heterocycles. The van der Waals surface area contributed by atoms with Gasteiger partial charge in [-0.15, -0.1) is 0 Å². The number of aromatic nitrogens is 2. The van der Waals surface area contributed by atoms with Gasteiger partial charge in [0.15, 0.2) is 0 Å². The van der Waals surface area contributed by atoms with Crippen LogP contribution in [0.15, 0.2) is 36.7 Å². The first kappa shape index (κ1) is 15.1. The van der Waals surface area contributed by atoms with Crippen molar-refractivity contribution in [3.8, 4) is 11.9 Å². The number of nitrogens with zero attached hydrogens (tertiary/aromatic N) is 4. The minimum absolute atomic E-state index is 0.361. The molecule has 2 heterocycles. The Kier molecular flexibility index (Phi) is 4.57. The van der Waals surface area contributed by atoms with E-state index in [0.717, 1.165) is 43.0 Å². The first-order valence-corrected chi connectivity index (χ1v) is 7.67. The monoisotopic (exact) mass is 309 g/mol. The van der Waals surface area contributed by atoms with Crippen molar-refractivity contribution in [2.24, 2.45) is 0 Å². The second-order valence-corrected chi connectivity index (χ2v) is 5.48. The van der Waals surface area contributed by atoms with Crippen LogP contribution in [0.2, 0.25) is 0 Å². The smallest absolute Gasteiger partial charge is 0.218 e. The van der Waals surface area contributed by atoms with Crippen LogP contribution in [0.25, 0.3) is 0 Å².